The van der Waals surface area contributed by atoms with Crippen LogP contribution in [0, 0.1) is 0 Å². The number of fused-ring (bicyclic) bond motifs is 1. The molecule has 0 aromatic heterocycles. The van der Waals surface area contributed by atoms with E-state index in [1.807, 2.05) is 0 Å². The monoisotopic (exact) mass is 219 g/mol. The maximum Gasteiger partial charge on any atom is 0.0376 e. The molecule has 0 bridgehead atoms. The third-order valence-electron chi connectivity index (χ3n) is 3.26. The summed E-state index contributed by atoms with van der Waals surface area (Å²) in [4.78, 5) is 0. The molecule has 0 atom stereocenters. The number of nitrogens with one attached hydrogen (secondary N) is 1. The second-order valence-electron chi connectivity index (χ2n) is 5.12. The average Bonchev–Trinajstić information content (AvgIpc) is 2.61. The summed E-state index contributed by atoms with van der Waals surface area (Å²) in [7, 11) is 0. The molecule has 1 heteroatoms. The topological polar surface area (TPSA) is 12.0 Å². The molecular formula is C15H25N. The van der Waals surface area contributed by atoms with Crippen LogP contribution in [-0.4, -0.2) is 6.54 Å². The molecule has 1 aromatic carbocycles. The second-order valence-corrected chi connectivity index (χ2v) is 5.12. The van der Waals surface area contributed by atoms with Crippen LogP contribution in [-0.2, 0) is 6.42 Å². The van der Waals surface area contributed by atoms with E-state index in [2.05, 4.69) is 45.1 Å². The molecular weight excluding hydrogens is 194 g/mol. The van der Waals surface area contributed by atoms with E-state index in [4.69, 9.17) is 0 Å². The van der Waals surface area contributed by atoms with Crippen molar-refractivity contribution in [1.29, 1.82) is 0 Å². The summed E-state index contributed by atoms with van der Waals surface area (Å²) in [6.07, 6.45) is 1.19. The smallest absolute Gasteiger partial charge is 0.0376 e. The van der Waals surface area contributed by atoms with Crippen molar-refractivity contribution in [3.8, 4) is 0 Å². The molecule has 0 saturated heterocycles. The van der Waals surface area contributed by atoms with Crippen LogP contribution >= 0.6 is 0 Å². The van der Waals surface area contributed by atoms with Crippen molar-refractivity contribution < 1.29 is 0 Å². The van der Waals surface area contributed by atoms with Gasteiger partial charge in [0.2, 0.25) is 0 Å². The minimum absolute atomic E-state index is 0. The van der Waals surface area contributed by atoms with Crippen LogP contribution in [0.15, 0.2) is 12.1 Å². The Hall–Kier alpha value is -0.980. The zero-order valence-electron chi connectivity index (χ0n) is 10.2. The molecule has 0 spiro atoms. The summed E-state index contributed by atoms with van der Waals surface area (Å²) in [5.74, 6) is 1.25. The Morgan fingerprint density at radius 1 is 1.00 bits per heavy atom. The van der Waals surface area contributed by atoms with Gasteiger partial charge in [0.25, 0.3) is 0 Å². The van der Waals surface area contributed by atoms with Crippen molar-refractivity contribution in [2.45, 2.75) is 53.4 Å². The molecule has 1 aromatic rings. The molecule has 0 aliphatic carbocycles. The SMILES string of the molecule is C.CC(C)c1cc2c(cc1C(C)C)NCC2. The van der Waals surface area contributed by atoms with Gasteiger partial charge in [0.15, 0.2) is 0 Å². The van der Waals surface area contributed by atoms with Crippen molar-refractivity contribution in [3.05, 3.63) is 28.8 Å². The lowest BCUT2D eigenvalue weighted by Gasteiger charge is -2.18. The van der Waals surface area contributed by atoms with Crippen LogP contribution in [0.3, 0.4) is 0 Å². The molecule has 90 valence electrons. The first-order chi connectivity index (χ1) is 7.09. The molecule has 0 radical (unpaired) electrons. The van der Waals surface area contributed by atoms with Crippen LogP contribution < -0.4 is 5.32 Å². The number of rotatable bonds is 2. The van der Waals surface area contributed by atoms with Gasteiger partial charge in [-0.3, -0.25) is 0 Å². The number of hydrogen-bond donors (Lipinski definition) is 1. The molecule has 1 aliphatic heterocycles. The van der Waals surface area contributed by atoms with E-state index in [1.54, 1.807) is 0 Å². The largest absolute Gasteiger partial charge is 0.384 e. The van der Waals surface area contributed by atoms with Gasteiger partial charge < -0.3 is 5.32 Å². The molecule has 1 N–H and O–H groups in total. The molecule has 0 unspecified atom stereocenters. The summed E-state index contributed by atoms with van der Waals surface area (Å²) in [5.41, 5.74) is 5.91. The van der Waals surface area contributed by atoms with Gasteiger partial charge in [-0.1, -0.05) is 41.2 Å². The highest BCUT2D eigenvalue weighted by atomic mass is 14.9. The zero-order valence-corrected chi connectivity index (χ0v) is 10.2. The quantitative estimate of drug-likeness (QED) is 0.770. The summed E-state index contributed by atoms with van der Waals surface area (Å²) in [6, 6.07) is 4.78. The maximum atomic E-state index is 3.46. The summed E-state index contributed by atoms with van der Waals surface area (Å²) in [6.45, 7) is 10.2. The molecule has 0 fully saturated rings. The Labute approximate surface area is 100 Å². The van der Waals surface area contributed by atoms with Gasteiger partial charge in [0.1, 0.15) is 0 Å². The molecule has 16 heavy (non-hydrogen) atoms. The predicted molar refractivity (Wildman–Crippen MR) is 73.5 cm³/mol. The summed E-state index contributed by atoms with van der Waals surface area (Å²) < 4.78 is 0. The van der Waals surface area contributed by atoms with E-state index in [0.29, 0.717) is 11.8 Å². The van der Waals surface area contributed by atoms with Crippen LogP contribution in [0.1, 0.15) is 63.6 Å². The van der Waals surface area contributed by atoms with Gasteiger partial charge in [-0.15, -0.1) is 0 Å². The molecule has 1 heterocycles. The lowest BCUT2D eigenvalue weighted by atomic mass is 9.88. The second kappa shape index (κ2) is 4.90. The van der Waals surface area contributed by atoms with Gasteiger partial charge in [-0.05, 0) is 41.0 Å². The van der Waals surface area contributed by atoms with Crippen molar-refractivity contribution in [3.63, 3.8) is 0 Å². The molecule has 0 saturated carbocycles. The summed E-state index contributed by atoms with van der Waals surface area (Å²) in [5, 5.41) is 3.46. The number of anilines is 1. The Morgan fingerprint density at radius 2 is 1.56 bits per heavy atom. The van der Waals surface area contributed by atoms with Crippen molar-refractivity contribution in [2.24, 2.45) is 0 Å². The lowest BCUT2D eigenvalue weighted by Crippen LogP contribution is -2.00. The lowest BCUT2D eigenvalue weighted by molar-refractivity contribution is 0.789. The number of benzene rings is 1. The fourth-order valence-electron chi connectivity index (χ4n) is 2.38. The first-order valence-corrected chi connectivity index (χ1v) is 6.00. The Balaban J connectivity index is 0.00000128. The normalized spacial score (nSPS) is 13.6. The van der Waals surface area contributed by atoms with Gasteiger partial charge in [-0.2, -0.15) is 0 Å². The van der Waals surface area contributed by atoms with Gasteiger partial charge in [-0.25, -0.2) is 0 Å². The van der Waals surface area contributed by atoms with Crippen molar-refractivity contribution >= 4 is 5.69 Å². The first-order valence-electron chi connectivity index (χ1n) is 6.00. The van der Waals surface area contributed by atoms with E-state index >= 15 is 0 Å². The summed E-state index contributed by atoms with van der Waals surface area (Å²) >= 11 is 0. The van der Waals surface area contributed by atoms with Crippen LogP contribution in [0.4, 0.5) is 5.69 Å². The highest BCUT2D eigenvalue weighted by molar-refractivity contribution is 5.60. The third kappa shape index (κ3) is 2.23. The van der Waals surface area contributed by atoms with Crippen LogP contribution in [0.25, 0.3) is 0 Å². The molecule has 1 aliphatic rings. The van der Waals surface area contributed by atoms with Crippen molar-refractivity contribution in [1.82, 2.24) is 0 Å². The molecule has 2 rings (SSSR count). The van der Waals surface area contributed by atoms with E-state index < -0.39 is 0 Å². The van der Waals surface area contributed by atoms with E-state index in [9.17, 15) is 0 Å². The highest BCUT2D eigenvalue weighted by Crippen LogP contribution is 2.33. The Morgan fingerprint density at radius 3 is 2.12 bits per heavy atom. The fourth-order valence-corrected chi connectivity index (χ4v) is 2.38. The van der Waals surface area contributed by atoms with Crippen molar-refractivity contribution in [2.75, 3.05) is 11.9 Å². The minimum atomic E-state index is 0. The predicted octanol–water partition coefficient (Wildman–Crippen LogP) is 4.54. The minimum Gasteiger partial charge on any atom is -0.384 e. The third-order valence-corrected chi connectivity index (χ3v) is 3.26. The Bertz CT molecular complexity index is 329. The zero-order chi connectivity index (χ0) is 11.0. The van der Waals surface area contributed by atoms with E-state index in [-0.39, 0.29) is 7.43 Å². The highest BCUT2D eigenvalue weighted by Gasteiger charge is 2.17. The standard InChI is InChI=1S/C14H21N.CH4/c1-9(2)12-7-11-5-6-15-14(11)8-13(12)10(3)4;/h7-10,15H,5-6H2,1-4H3;1H4. The first kappa shape index (κ1) is 13.1. The van der Waals surface area contributed by atoms with Gasteiger partial charge in [0.05, 0.1) is 0 Å². The number of hydrogen-bond acceptors (Lipinski definition) is 1. The van der Waals surface area contributed by atoms with Crippen LogP contribution in [0.2, 0.25) is 0 Å². The maximum absolute atomic E-state index is 3.46. The molecule has 1 nitrogen and oxygen atoms in total. The van der Waals surface area contributed by atoms with E-state index in [0.717, 1.165) is 6.54 Å². The van der Waals surface area contributed by atoms with Gasteiger partial charge in [0, 0.05) is 12.2 Å². The average molecular weight is 219 g/mol. The Kier molecular flexibility index (Phi) is 4.01. The van der Waals surface area contributed by atoms with Crippen LogP contribution in [0.5, 0.6) is 0 Å². The van der Waals surface area contributed by atoms with Gasteiger partial charge >= 0.3 is 0 Å². The van der Waals surface area contributed by atoms with E-state index in [1.165, 1.54) is 28.8 Å². The fraction of sp³-hybridized carbons (Fsp3) is 0.600. The molecule has 0 amide bonds.